The quantitative estimate of drug-likeness (QED) is 0.715. The third-order valence-electron chi connectivity index (χ3n) is 4.57. The average Bonchev–Trinajstić information content (AvgIpc) is 2.65. The number of hydrogen-bond acceptors (Lipinski definition) is 1. The van der Waals surface area contributed by atoms with Crippen LogP contribution in [0.1, 0.15) is 36.3 Å². The van der Waals surface area contributed by atoms with Gasteiger partial charge in [0.2, 0.25) is 0 Å². The van der Waals surface area contributed by atoms with Gasteiger partial charge in [0.1, 0.15) is 0 Å². The first-order chi connectivity index (χ1) is 9.38. The van der Waals surface area contributed by atoms with Crippen LogP contribution in [-0.2, 0) is 4.79 Å². The van der Waals surface area contributed by atoms with Gasteiger partial charge >= 0.3 is 12.1 Å². The third-order valence-corrected chi connectivity index (χ3v) is 4.57. The lowest BCUT2D eigenvalue weighted by atomic mass is 9.72. The summed E-state index contributed by atoms with van der Waals surface area (Å²) in [5.74, 6) is -1.36. The maximum absolute atomic E-state index is 12.7. The Kier molecular flexibility index (Phi) is 3.03. The normalized spacial score (nSPS) is 29.0. The molecule has 2 bridgehead atoms. The smallest absolute Gasteiger partial charge is 0.334 e. The van der Waals surface area contributed by atoms with Gasteiger partial charge in [-0.2, -0.15) is 13.2 Å². The van der Waals surface area contributed by atoms with Crippen LogP contribution in [0.5, 0.6) is 0 Å². The number of carbonyl (C=O) groups excluding carboxylic acids is 1. The lowest BCUT2D eigenvalue weighted by Crippen LogP contribution is -2.43. The fourth-order valence-electron chi connectivity index (χ4n) is 3.64. The minimum atomic E-state index is -4.78. The zero-order valence-corrected chi connectivity index (χ0v) is 11.2. The molecule has 108 valence electrons. The van der Waals surface area contributed by atoms with Gasteiger partial charge in [0.05, 0.1) is 0 Å². The van der Waals surface area contributed by atoms with Crippen LogP contribution in [-0.4, -0.2) is 30.1 Å². The molecule has 0 N–H and O–H groups in total. The van der Waals surface area contributed by atoms with E-state index in [-0.39, 0.29) is 24.9 Å². The molecule has 1 aromatic rings. The zero-order valence-electron chi connectivity index (χ0n) is 11.2. The first-order valence-corrected chi connectivity index (χ1v) is 6.83. The summed E-state index contributed by atoms with van der Waals surface area (Å²) in [4.78, 5) is 12.5. The van der Waals surface area contributed by atoms with Crippen LogP contribution >= 0.6 is 0 Å². The molecule has 2 aliphatic heterocycles. The molecule has 1 aromatic carbocycles. The molecule has 1 saturated heterocycles. The topological polar surface area (TPSA) is 20.3 Å². The van der Waals surface area contributed by atoms with E-state index in [9.17, 15) is 18.0 Å². The Morgan fingerprint density at radius 3 is 2.50 bits per heavy atom. The molecule has 2 heterocycles. The van der Waals surface area contributed by atoms with Gasteiger partial charge in [-0.3, -0.25) is 4.79 Å². The third kappa shape index (κ3) is 2.09. The Balaban J connectivity index is 1.97. The second-order valence-electron chi connectivity index (χ2n) is 5.85. The SMILES string of the molecule is CC1CC2CN(C(=O)C(F)(F)F)CC1c1ccccc12. The zero-order chi connectivity index (χ0) is 14.5. The average molecular weight is 283 g/mol. The van der Waals surface area contributed by atoms with Crippen molar-refractivity contribution in [3.63, 3.8) is 0 Å². The number of hydrogen-bond donors (Lipinski definition) is 0. The van der Waals surface area contributed by atoms with Crippen LogP contribution in [0.15, 0.2) is 24.3 Å². The van der Waals surface area contributed by atoms with Gasteiger partial charge in [-0.15, -0.1) is 0 Å². The summed E-state index contributed by atoms with van der Waals surface area (Å²) < 4.78 is 38.0. The number of rotatable bonds is 0. The van der Waals surface area contributed by atoms with Crippen molar-refractivity contribution in [3.05, 3.63) is 35.4 Å². The second-order valence-corrected chi connectivity index (χ2v) is 5.85. The van der Waals surface area contributed by atoms with Crippen molar-refractivity contribution in [2.45, 2.75) is 31.4 Å². The molecule has 3 aliphatic rings. The molecule has 0 aromatic heterocycles. The van der Waals surface area contributed by atoms with Gasteiger partial charge < -0.3 is 4.90 Å². The van der Waals surface area contributed by atoms with E-state index >= 15 is 0 Å². The number of carbonyl (C=O) groups is 1. The van der Waals surface area contributed by atoms with E-state index in [1.165, 1.54) is 0 Å². The molecule has 1 aliphatic carbocycles. The maximum Gasteiger partial charge on any atom is 0.471 e. The van der Waals surface area contributed by atoms with Gasteiger partial charge in [-0.25, -0.2) is 0 Å². The summed E-state index contributed by atoms with van der Waals surface area (Å²) >= 11 is 0. The molecule has 3 atom stereocenters. The van der Waals surface area contributed by atoms with Crippen molar-refractivity contribution in [2.75, 3.05) is 13.1 Å². The van der Waals surface area contributed by atoms with E-state index in [0.29, 0.717) is 5.92 Å². The van der Waals surface area contributed by atoms with Gasteiger partial charge in [-0.05, 0) is 23.5 Å². The van der Waals surface area contributed by atoms with E-state index in [0.717, 1.165) is 22.4 Å². The molecule has 0 saturated carbocycles. The lowest BCUT2D eigenvalue weighted by Gasteiger charge is -2.31. The summed E-state index contributed by atoms with van der Waals surface area (Å²) in [5.41, 5.74) is 2.24. The summed E-state index contributed by atoms with van der Waals surface area (Å²) in [6, 6.07) is 7.81. The monoisotopic (exact) mass is 283 g/mol. The number of halogens is 3. The van der Waals surface area contributed by atoms with Crippen LogP contribution < -0.4 is 0 Å². The lowest BCUT2D eigenvalue weighted by molar-refractivity contribution is -0.185. The number of amides is 1. The standard InChI is InChI=1S/C15H16F3NO/c1-9-6-10-7-19(14(20)15(16,17)18)8-13(9)12-5-3-2-4-11(10)12/h2-5,9-10,13H,6-8H2,1H3. The van der Waals surface area contributed by atoms with Crippen molar-refractivity contribution in [1.29, 1.82) is 0 Å². The Labute approximate surface area is 115 Å². The van der Waals surface area contributed by atoms with Crippen LogP contribution in [0.2, 0.25) is 0 Å². The van der Waals surface area contributed by atoms with Crippen LogP contribution in [0.25, 0.3) is 0 Å². The minimum absolute atomic E-state index is 0.0104. The first kappa shape index (κ1) is 13.5. The molecular weight excluding hydrogens is 267 g/mol. The molecule has 5 heteroatoms. The van der Waals surface area contributed by atoms with E-state index < -0.39 is 12.1 Å². The molecular formula is C15H16F3NO. The largest absolute Gasteiger partial charge is 0.471 e. The fraction of sp³-hybridized carbons (Fsp3) is 0.533. The maximum atomic E-state index is 12.7. The van der Waals surface area contributed by atoms with Crippen molar-refractivity contribution >= 4 is 5.91 Å². The van der Waals surface area contributed by atoms with Crippen LogP contribution in [0, 0.1) is 5.92 Å². The predicted molar refractivity (Wildman–Crippen MR) is 68.3 cm³/mol. The van der Waals surface area contributed by atoms with Crippen molar-refractivity contribution in [1.82, 2.24) is 4.90 Å². The number of benzene rings is 1. The highest BCUT2D eigenvalue weighted by Crippen LogP contribution is 2.46. The number of alkyl halides is 3. The highest BCUT2D eigenvalue weighted by Gasteiger charge is 2.47. The van der Waals surface area contributed by atoms with E-state index in [1.54, 1.807) is 0 Å². The Morgan fingerprint density at radius 2 is 1.85 bits per heavy atom. The van der Waals surface area contributed by atoms with Crippen molar-refractivity contribution in [2.24, 2.45) is 5.92 Å². The minimum Gasteiger partial charge on any atom is -0.334 e. The molecule has 1 amide bonds. The highest BCUT2D eigenvalue weighted by atomic mass is 19.4. The van der Waals surface area contributed by atoms with E-state index in [1.807, 2.05) is 24.3 Å². The summed E-state index contributed by atoms with van der Waals surface area (Å²) in [6.45, 7) is 2.42. The Bertz CT molecular complexity index is 540. The van der Waals surface area contributed by atoms with Crippen LogP contribution in [0.3, 0.4) is 0 Å². The number of nitrogens with zero attached hydrogens (tertiary/aromatic N) is 1. The summed E-state index contributed by atoms with van der Waals surface area (Å²) in [6.07, 6.45) is -3.93. The predicted octanol–water partition coefficient (Wildman–Crippen LogP) is 3.30. The molecule has 0 radical (unpaired) electrons. The van der Waals surface area contributed by atoms with Gasteiger partial charge in [0, 0.05) is 24.9 Å². The molecule has 20 heavy (non-hydrogen) atoms. The van der Waals surface area contributed by atoms with Gasteiger partial charge in [0.25, 0.3) is 0 Å². The van der Waals surface area contributed by atoms with E-state index in [4.69, 9.17) is 0 Å². The second kappa shape index (κ2) is 4.50. The van der Waals surface area contributed by atoms with Gasteiger partial charge in [0.15, 0.2) is 0 Å². The molecule has 3 unspecified atom stereocenters. The summed E-state index contributed by atoms with van der Waals surface area (Å²) in [5, 5.41) is 0. The van der Waals surface area contributed by atoms with Crippen molar-refractivity contribution in [3.8, 4) is 0 Å². The molecule has 4 rings (SSSR count). The number of fused-ring (bicyclic) bond motifs is 3. The first-order valence-electron chi connectivity index (χ1n) is 6.83. The molecule has 1 fully saturated rings. The van der Waals surface area contributed by atoms with Crippen LogP contribution in [0.4, 0.5) is 13.2 Å². The highest BCUT2D eigenvalue weighted by molar-refractivity contribution is 5.82. The van der Waals surface area contributed by atoms with E-state index in [2.05, 4.69) is 6.92 Å². The molecule has 0 spiro atoms. The molecule has 2 nitrogen and oxygen atoms in total. The Morgan fingerprint density at radius 1 is 1.20 bits per heavy atom. The van der Waals surface area contributed by atoms with Crippen molar-refractivity contribution < 1.29 is 18.0 Å². The Hall–Kier alpha value is -1.52. The summed E-state index contributed by atoms with van der Waals surface area (Å²) in [7, 11) is 0. The van der Waals surface area contributed by atoms with Gasteiger partial charge in [-0.1, -0.05) is 31.2 Å². The fourth-order valence-corrected chi connectivity index (χ4v) is 3.64.